The molecule has 0 aromatic carbocycles. The topological polar surface area (TPSA) is 21.3 Å². The summed E-state index contributed by atoms with van der Waals surface area (Å²) in [5.41, 5.74) is 1.60. The van der Waals surface area contributed by atoms with Crippen LogP contribution in [0, 0.1) is 0 Å². The van der Waals surface area contributed by atoms with E-state index in [0.717, 1.165) is 5.69 Å². The molecular formula is C12H11Cl6N3. The maximum Gasteiger partial charge on any atom is 0.300 e. The van der Waals surface area contributed by atoms with E-state index in [1.807, 2.05) is 43.5 Å². The zero-order valence-corrected chi connectivity index (χ0v) is 15.5. The van der Waals surface area contributed by atoms with Gasteiger partial charge >= 0.3 is 0 Å². The first-order valence-corrected chi connectivity index (χ1v) is 6.87. The maximum atomic E-state index is 6.17. The molecule has 21 heavy (non-hydrogen) atoms. The van der Waals surface area contributed by atoms with Crippen LogP contribution < -0.4 is 39.3 Å². The van der Waals surface area contributed by atoms with Crippen molar-refractivity contribution in [2.45, 2.75) is 0 Å². The lowest BCUT2D eigenvalue weighted by molar-refractivity contribution is -0.596. The van der Waals surface area contributed by atoms with E-state index in [-0.39, 0.29) is 35.1 Å². The molecule has 1 N–H and O–H groups in total. The van der Waals surface area contributed by atoms with Crippen LogP contribution >= 0.6 is 46.4 Å². The molecule has 0 spiro atoms. The van der Waals surface area contributed by atoms with Gasteiger partial charge in [0.15, 0.2) is 22.4 Å². The summed E-state index contributed by atoms with van der Waals surface area (Å²) in [5, 5.41) is 1.13. The molecule has 0 radical (unpaired) electrons. The van der Waals surface area contributed by atoms with Crippen LogP contribution in [0.15, 0.2) is 24.5 Å². The minimum absolute atomic E-state index is 0. The third-order valence-electron chi connectivity index (χ3n) is 2.61. The number of aromatic amines is 1. The van der Waals surface area contributed by atoms with Crippen molar-refractivity contribution in [2.75, 3.05) is 19.0 Å². The van der Waals surface area contributed by atoms with Crippen molar-refractivity contribution in [3.63, 3.8) is 0 Å². The summed E-state index contributed by atoms with van der Waals surface area (Å²) in [5.74, 6) is 0. The Morgan fingerprint density at radius 3 is 1.71 bits per heavy atom. The van der Waals surface area contributed by atoms with Crippen molar-refractivity contribution in [3.8, 4) is 5.69 Å². The number of halogens is 6. The van der Waals surface area contributed by atoms with Gasteiger partial charge in [0.2, 0.25) is 0 Å². The molecule has 0 bridgehead atoms. The monoisotopic (exact) mass is 407 g/mol. The van der Waals surface area contributed by atoms with E-state index in [2.05, 4.69) is 4.98 Å². The molecule has 0 saturated heterocycles. The van der Waals surface area contributed by atoms with Gasteiger partial charge in [-0.25, -0.2) is 0 Å². The van der Waals surface area contributed by atoms with Crippen molar-refractivity contribution < 1.29 is 34.4 Å². The van der Waals surface area contributed by atoms with Crippen LogP contribution in [-0.2, 0) is 0 Å². The van der Waals surface area contributed by atoms with E-state index in [9.17, 15) is 0 Å². The molecular weight excluding hydrogens is 399 g/mol. The number of aromatic nitrogens is 2. The smallest absolute Gasteiger partial charge is 0.300 e. The molecule has 2 heterocycles. The van der Waals surface area contributed by atoms with E-state index in [4.69, 9.17) is 46.4 Å². The average molecular weight is 410 g/mol. The van der Waals surface area contributed by atoms with Crippen molar-refractivity contribution in [2.24, 2.45) is 0 Å². The number of anilines is 1. The average Bonchev–Trinajstić information content (AvgIpc) is 2.37. The molecule has 0 aliphatic rings. The zero-order valence-electron chi connectivity index (χ0n) is 11.0. The first-order chi connectivity index (χ1) is 8.91. The normalized spacial score (nSPS) is 9.62. The van der Waals surface area contributed by atoms with Gasteiger partial charge in [-0.1, -0.05) is 23.2 Å². The third-order valence-corrected chi connectivity index (χ3v) is 4.10. The fourth-order valence-corrected chi connectivity index (χ4v) is 2.55. The van der Waals surface area contributed by atoms with E-state index >= 15 is 0 Å². The molecule has 2 rings (SSSR count). The van der Waals surface area contributed by atoms with Crippen LogP contribution in [0.1, 0.15) is 0 Å². The van der Waals surface area contributed by atoms with E-state index < -0.39 is 0 Å². The molecule has 2 aromatic heterocycles. The van der Waals surface area contributed by atoms with Gasteiger partial charge in [0, 0.05) is 31.9 Å². The summed E-state index contributed by atoms with van der Waals surface area (Å²) >= 11 is 24.3. The van der Waals surface area contributed by atoms with Crippen LogP contribution in [0.4, 0.5) is 5.69 Å². The summed E-state index contributed by atoms with van der Waals surface area (Å²) < 4.78 is 1.77. The number of hydrogen-bond donors (Lipinski definition) is 0. The Labute approximate surface area is 155 Å². The largest absolute Gasteiger partial charge is 1.00 e. The van der Waals surface area contributed by atoms with Crippen LogP contribution in [0.5, 0.6) is 0 Å². The molecule has 0 fully saturated rings. The fraction of sp³-hybridized carbons (Fsp3) is 0.167. The van der Waals surface area contributed by atoms with Gasteiger partial charge < -0.3 is 29.7 Å². The minimum atomic E-state index is 0. The SMILES string of the molecule is CN(C)c1cc[n+](-c2c(Cl)c(Cl)[nH+]c(Cl)c2Cl)cc1.[Cl-].[Cl-]. The van der Waals surface area contributed by atoms with E-state index in [1.54, 1.807) is 4.57 Å². The summed E-state index contributed by atoms with van der Waals surface area (Å²) in [6.07, 6.45) is 3.68. The van der Waals surface area contributed by atoms with Crippen LogP contribution in [0.3, 0.4) is 0 Å². The lowest BCUT2D eigenvalue weighted by atomic mass is 10.3. The molecule has 0 aliphatic heterocycles. The second-order valence-electron chi connectivity index (χ2n) is 4.09. The lowest BCUT2D eigenvalue weighted by Gasteiger charge is -2.10. The van der Waals surface area contributed by atoms with E-state index in [1.165, 1.54) is 0 Å². The molecule has 0 atom stereocenters. The zero-order chi connectivity index (χ0) is 14.2. The highest BCUT2D eigenvalue weighted by atomic mass is 35.5. The number of H-pyrrole nitrogens is 1. The first-order valence-electron chi connectivity index (χ1n) is 5.36. The number of hydrogen-bond acceptors (Lipinski definition) is 1. The second-order valence-corrected chi connectivity index (χ2v) is 5.60. The molecule has 0 unspecified atom stereocenters. The lowest BCUT2D eigenvalue weighted by Crippen LogP contribution is -3.00. The van der Waals surface area contributed by atoms with Crippen LogP contribution in [0.2, 0.25) is 20.4 Å². The van der Waals surface area contributed by atoms with Crippen molar-refractivity contribution in [3.05, 3.63) is 44.9 Å². The van der Waals surface area contributed by atoms with Gasteiger partial charge in [0.1, 0.15) is 0 Å². The summed E-state index contributed by atoms with van der Waals surface area (Å²) in [6, 6.07) is 3.87. The van der Waals surface area contributed by atoms with Crippen molar-refractivity contribution >= 4 is 52.1 Å². The van der Waals surface area contributed by atoms with Crippen LogP contribution in [-0.4, -0.2) is 14.1 Å². The molecule has 2 aromatic rings. The first kappa shape index (κ1) is 20.8. The van der Waals surface area contributed by atoms with Gasteiger partial charge in [-0.3, -0.25) is 0 Å². The molecule has 0 saturated carbocycles. The Balaban J connectivity index is 0.00000200. The summed E-state index contributed by atoms with van der Waals surface area (Å²) in [7, 11) is 3.93. The summed E-state index contributed by atoms with van der Waals surface area (Å²) in [6.45, 7) is 0. The number of rotatable bonds is 2. The molecule has 3 nitrogen and oxygen atoms in total. The van der Waals surface area contributed by atoms with Crippen molar-refractivity contribution in [1.29, 1.82) is 0 Å². The highest BCUT2D eigenvalue weighted by molar-refractivity contribution is 6.46. The molecule has 116 valence electrons. The van der Waals surface area contributed by atoms with Crippen molar-refractivity contribution in [1.82, 2.24) is 0 Å². The molecule has 0 aliphatic carbocycles. The minimum Gasteiger partial charge on any atom is -1.00 e. The Kier molecular flexibility index (Phi) is 8.40. The summed E-state index contributed by atoms with van der Waals surface area (Å²) in [4.78, 5) is 4.68. The predicted molar refractivity (Wildman–Crippen MR) is 78.9 cm³/mol. The Morgan fingerprint density at radius 2 is 1.33 bits per heavy atom. The van der Waals surface area contributed by atoms with Gasteiger partial charge in [-0.2, -0.15) is 9.55 Å². The maximum absolute atomic E-state index is 6.17. The van der Waals surface area contributed by atoms with Gasteiger partial charge in [-0.05, 0) is 23.2 Å². The third kappa shape index (κ3) is 4.41. The number of nitrogens with one attached hydrogen (secondary N) is 1. The van der Waals surface area contributed by atoms with Gasteiger partial charge in [0.25, 0.3) is 16.0 Å². The fourth-order valence-electron chi connectivity index (χ4n) is 1.60. The number of pyridine rings is 2. The quantitative estimate of drug-likeness (QED) is 0.396. The van der Waals surface area contributed by atoms with Gasteiger partial charge in [-0.15, -0.1) is 0 Å². The standard InChI is InChI=1S/C12H10Cl4N3.2ClH/c1-18(2)7-3-5-19(6-4-7)10-8(13)11(15)17-12(16)9(10)14;;/h3-6H,1-2H3;2*1H/q+1;;/p-1. The highest BCUT2D eigenvalue weighted by Gasteiger charge is 2.28. The Hall–Kier alpha value is -0.160. The molecule has 0 amide bonds. The molecule has 9 heteroatoms. The highest BCUT2D eigenvalue weighted by Crippen LogP contribution is 2.32. The van der Waals surface area contributed by atoms with E-state index in [0.29, 0.717) is 15.7 Å². The van der Waals surface area contributed by atoms with Crippen LogP contribution in [0.25, 0.3) is 5.69 Å². The second kappa shape index (κ2) is 8.47. The Morgan fingerprint density at radius 1 is 0.905 bits per heavy atom. The number of nitrogens with zero attached hydrogens (tertiary/aromatic N) is 2. The van der Waals surface area contributed by atoms with Gasteiger partial charge in [0.05, 0.1) is 0 Å². The Bertz CT molecular complexity index is 589. The predicted octanol–water partition coefficient (Wildman–Crippen LogP) is -2.53.